The van der Waals surface area contributed by atoms with Gasteiger partial charge in [0.05, 0.1) is 24.0 Å². The Morgan fingerprint density at radius 3 is 2.88 bits per heavy atom. The molecule has 2 N–H and O–H groups in total. The van der Waals surface area contributed by atoms with Crippen LogP contribution in [-0.2, 0) is 6.54 Å². The summed E-state index contributed by atoms with van der Waals surface area (Å²) >= 11 is 3.21. The lowest BCUT2D eigenvalue weighted by atomic mass is 10.0. The van der Waals surface area contributed by atoms with Crippen molar-refractivity contribution < 1.29 is 13.9 Å². The van der Waals surface area contributed by atoms with Gasteiger partial charge < -0.3 is 19.8 Å². The number of nitrogens with zero attached hydrogens (tertiary/aromatic N) is 6. The Morgan fingerprint density at radius 2 is 2.12 bits per heavy atom. The van der Waals surface area contributed by atoms with Crippen molar-refractivity contribution in [3.8, 4) is 11.9 Å². The first-order valence-corrected chi connectivity index (χ1v) is 10.9. The molecule has 0 aliphatic carbocycles. The first-order chi connectivity index (χ1) is 16.2. The maximum atomic E-state index is 14.1. The summed E-state index contributed by atoms with van der Waals surface area (Å²) in [4.78, 5) is 27.4. The van der Waals surface area contributed by atoms with Crippen LogP contribution < -0.4 is 10.5 Å². The smallest absolute Gasteiger partial charge is 0.258 e. The fourth-order valence-electron chi connectivity index (χ4n) is 3.45. The van der Waals surface area contributed by atoms with Gasteiger partial charge in [-0.25, -0.2) is 19.3 Å². The molecular weight excluding hydrogens is 505 g/mol. The molecule has 11 heteroatoms. The highest BCUT2D eigenvalue weighted by molar-refractivity contribution is 9.10. The molecule has 9 nitrogen and oxygen atoms in total. The molecule has 34 heavy (non-hydrogen) atoms. The lowest BCUT2D eigenvalue weighted by Gasteiger charge is -2.21. The van der Waals surface area contributed by atoms with Gasteiger partial charge in [-0.2, -0.15) is 5.26 Å². The van der Waals surface area contributed by atoms with E-state index in [0.29, 0.717) is 27.1 Å². The number of carbonyl (C=O) groups is 1. The second-order valence-corrected chi connectivity index (χ2v) is 8.38. The zero-order chi connectivity index (χ0) is 24.4. The third-order valence-corrected chi connectivity index (χ3v) is 5.47. The van der Waals surface area contributed by atoms with E-state index in [0.717, 1.165) is 0 Å². The number of nitriles is 1. The average Bonchev–Trinajstić information content (AvgIpc) is 3.22. The Balaban J connectivity index is 1.58. The third kappa shape index (κ3) is 4.82. The molecule has 0 saturated heterocycles. The average molecular weight is 524 g/mol. The minimum Gasteiger partial charge on any atom is -0.467 e. The van der Waals surface area contributed by atoms with Gasteiger partial charge in [-0.05, 0) is 53.2 Å². The van der Waals surface area contributed by atoms with Crippen LogP contribution in [0.15, 0.2) is 53.5 Å². The van der Waals surface area contributed by atoms with Crippen molar-refractivity contribution in [2.45, 2.75) is 19.6 Å². The Hall–Kier alpha value is -4.04. The summed E-state index contributed by atoms with van der Waals surface area (Å²) in [6.07, 6.45) is 4.11. The molecule has 1 amide bonds. The van der Waals surface area contributed by atoms with E-state index >= 15 is 0 Å². The van der Waals surface area contributed by atoms with E-state index in [4.69, 9.17) is 15.7 Å². The van der Waals surface area contributed by atoms with Crippen LogP contribution in [0.25, 0.3) is 5.65 Å². The molecule has 0 spiro atoms. The number of nitrogens with two attached hydrogens (primary N) is 1. The van der Waals surface area contributed by atoms with Gasteiger partial charge in [0.2, 0.25) is 0 Å². The fraction of sp³-hybridized carbons (Fsp3) is 0.174. The SMILES string of the molecule is C[C@@H](Oc1nc(Br)cnc1N)c1cc(F)ccc1C(=O)N(C)Cc1cn2cc(C#N)ccc2n1. The predicted molar refractivity (Wildman–Crippen MR) is 125 cm³/mol. The molecule has 3 heterocycles. The molecule has 1 aromatic carbocycles. The van der Waals surface area contributed by atoms with E-state index in [9.17, 15) is 9.18 Å². The third-order valence-electron chi connectivity index (χ3n) is 5.08. The summed E-state index contributed by atoms with van der Waals surface area (Å²) in [7, 11) is 1.63. The summed E-state index contributed by atoms with van der Waals surface area (Å²) < 4.78 is 22.1. The van der Waals surface area contributed by atoms with Crippen molar-refractivity contribution in [2.75, 3.05) is 12.8 Å². The minimum absolute atomic E-state index is 0.0688. The van der Waals surface area contributed by atoms with Crippen LogP contribution in [-0.4, -0.2) is 37.2 Å². The molecule has 4 aromatic rings. The Bertz CT molecular complexity index is 1430. The summed E-state index contributed by atoms with van der Waals surface area (Å²) in [6.45, 7) is 1.88. The summed E-state index contributed by atoms with van der Waals surface area (Å²) in [6, 6.07) is 9.38. The van der Waals surface area contributed by atoms with Gasteiger partial charge in [-0.3, -0.25) is 4.79 Å². The summed E-state index contributed by atoms with van der Waals surface area (Å²) in [5.41, 5.74) is 8.24. The number of hydrogen-bond acceptors (Lipinski definition) is 7. The van der Waals surface area contributed by atoms with E-state index in [-0.39, 0.29) is 29.7 Å². The van der Waals surface area contributed by atoms with Gasteiger partial charge in [-0.15, -0.1) is 0 Å². The number of rotatable bonds is 6. The van der Waals surface area contributed by atoms with Crippen molar-refractivity contribution in [3.63, 3.8) is 0 Å². The van der Waals surface area contributed by atoms with Gasteiger partial charge in [0, 0.05) is 30.6 Å². The molecule has 1 atom stereocenters. The van der Waals surface area contributed by atoms with Crippen LogP contribution in [0.4, 0.5) is 10.2 Å². The highest BCUT2D eigenvalue weighted by atomic mass is 79.9. The molecule has 172 valence electrons. The molecule has 0 radical (unpaired) electrons. The molecule has 4 rings (SSSR count). The van der Waals surface area contributed by atoms with Gasteiger partial charge in [0.1, 0.15) is 28.2 Å². The lowest BCUT2D eigenvalue weighted by molar-refractivity contribution is 0.0778. The van der Waals surface area contributed by atoms with E-state index in [2.05, 4.69) is 37.0 Å². The monoisotopic (exact) mass is 523 g/mol. The van der Waals surface area contributed by atoms with Crippen LogP contribution in [0, 0.1) is 17.1 Å². The van der Waals surface area contributed by atoms with Crippen molar-refractivity contribution in [1.82, 2.24) is 24.3 Å². The molecule has 3 aromatic heterocycles. The summed E-state index contributed by atoms with van der Waals surface area (Å²) in [5.74, 6) is -0.706. The van der Waals surface area contributed by atoms with Crippen LogP contribution in [0.5, 0.6) is 5.88 Å². The number of carbonyl (C=O) groups excluding carboxylic acids is 1. The fourth-order valence-corrected chi connectivity index (χ4v) is 3.71. The Labute approximate surface area is 202 Å². The number of imidazole rings is 1. The second kappa shape index (κ2) is 9.44. The molecule has 0 unspecified atom stereocenters. The van der Waals surface area contributed by atoms with E-state index in [1.165, 1.54) is 29.3 Å². The zero-order valence-corrected chi connectivity index (χ0v) is 19.8. The van der Waals surface area contributed by atoms with Crippen molar-refractivity contribution in [1.29, 1.82) is 5.26 Å². The topological polar surface area (TPSA) is 122 Å². The number of amides is 1. The molecular formula is C23H19BrFN7O2. The van der Waals surface area contributed by atoms with Gasteiger partial charge in [0.25, 0.3) is 11.8 Å². The molecule has 0 aliphatic heterocycles. The number of fused-ring (bicyclic) bond motifs is 1. The van der Waals surface area contributed by atoms with E-state index in [1.54, 1.807) is 42.9 Å². The first kappa shape index (κ1) is 23.1. The van der Waals surface area contributed by atoms with E-state index in [1.807, 2.05) is 0 Å². The number of halogens is 2. The van der Waals surface area contributed by atoms with Crippen LogP contribution in [0.2, 0.25) is 0 Å². The maximum Gasteiger partial charge on any atom is 0.258 e. The van der Waals surface area contributed by atoms with Crippen molar-refractivity contribution in [2.24, 2.45) is 0 Å². The predicted octanol–water partition coefficient (Wildman–Crippen LogP) is 3.89. The zero-order valence-electron chi connectivity index (χ0n) is 18.2. The number of nitrogen functional groups attached to an aromatic ring is 1. The van der Waals surface area contributed by atoms with Crippen molar-refractivity contribution in [3.05, 3.63) is 81.7 Å². The van der Waals surface area contributed by atoms with E-state index < -0.39 is 11.9 Å². The van der Waals surface area contributed by atoms with Crippen LogP contribution >= 0.6 is 15.9 Å². The first-order valence-electron chi connectivity index (χ1n) is 10.1. The summed E-state index contributed by atoms with van der Waals surface area (Å²) in [5, 5.41) is 9.07. The van der Waals surface area contributed by atoms with Crippen LogP contribution in [0.1, 0.15) is 40.2 Å². The Kier molecular flexibility index (Phi) is 6.43. The number of benzene rings is 1. The molecule has 0 bridgehead atoms. The van der Waals surface area contributed by atoms with Crippen LogP contribution in [0.3, 0.4) is 0 Å². The second-order valence-electron chi connectivity index (χ2n) is 7.56. The molecule has 0 aliphatic rings. The van der Waals surface area contributed by atoms with Gasteiger partial charge in [-0.1, -0.05) is 0 Å². The largest absolute Gasteiger partial charge is 0.467 e. The number of anilines is 1. The number of pyridine rings is 1. The quantitative estimate of drug-likeness (QED) is 0.406. The van der Waals surface area contributed by atoms with Crippen molar-refractivity contribution >= 4 is 33.3 Å². The minimum atomic E-state index is -0.742. The maximum absolute atomic E-state index is 14.1. The number of hydrogen-bond donors (Lipinski definition) is 1. The Morgan fingerprint density at radius 1 is 1.32 bits per heavy atom. The van der Waals surface area contributed by atoms with Gasteiger partial charge in [0.15, 0.2) is 5.82 Å². The highest BCUT2D eigenvalue weighted by Gasteiger charge is 2.23. The number of ether oxygens (including phenoxy) is 1. The normalized spacial score (nSPS) is 11.7. The standard InChI is InChI=1S/C23H19BrFN7O2/c1-13(34-22-21(27)28-9-19(24)30-22)18-7-15(25)4-5-17(18)23(33)31(2)11-16-12-32-10-14(8-26)3-6-20(32)29-16/h3-7,9-10,12-13H,11H2,1-2H3,(H2,27,28)/t13-/m1/s1. The van der Waals surface area contributed by atoms with Gasteiger partial charge >= 0.3 is 0 Å². The highest BCUT2D eigenvalue weighted by Crippen LogP contribution is 2.28. The number of aromatic nitrogens is 4. The molecule has 0 saturated carbocycles. The lowest BCUT2D eigenvalue weighted by Crippen LogP contribution is -2.28. The molecule has 0 fully saturated rings.